The minimum atomic E-state index is -0.592. The first-order valence-electron chi connectivity index (χ1n) is 12.1. The molecule has 34 heavy (non-hydrogen) atoms. The molecule has 7 nitrogen and oxygen atoms in total. The Labute approximate surface area is 198 Å². The molecule has 2 aliphatic heterocycles. The van der Waals surface area contributed by atoms with Crippen LogP contribution < -0.4 is 10.6 Å². The number of piperidine rings is 1. The normalized spacial score (nSPS) is 24.8. The van der Waals surface area contributed by atoms with Crippen molar-refractivity contribution in [2.75, 3.05) is 0 Å². The van der Waals surface area contributed by atoms with Gasteiger partial charge in [-0.1, -0.05) is 25.0 Å². The van der Waals surface area contributed by atoms with Gasteiger partial charge in [0.25, 0.3) is 5.91 Å². The van der Waals surface area contributed by atoms with Gasteiger partial charge < -0.3 is 10.2 Å². The quantitative estimate of drug-likeness (QED) is 0.642. The van der Waals surface area contributed by atoms with E-state index in [0.717, 1.165) is 30.4 Å². The predicted molar refractivity (Wildman–Crippen MR) is 123 cm³/mol. The molecule has 0 bridgehead atoms. The van der Waals surface area contributed by atoms with Gasteiger partial charge in [-0.05, 0) is 60.4 Å². The first kappa shape index (κ1) is 22.7. The molecular weight excluding hydrogens is 435 g/mol. The zero-order valence-corrected chi connectivity index (χ0v) is 19.1. The van der Waals surface area contributed by atoms with Crippen LogP contribution in [0.5, 0.6) is 0 Å². The molecule has 5 rings (SSSR count). The third kappa shape index (κ3) is 4.73. The molecule has 2 aromatic rings. The van der Waals surface area contributed by atoms with E-state index in [0.29, 0.717) is 37.0 Å². The van der Waals surface area contributed by atoms with Crippen LogP contribution in [0.4, 0.5) is 4.39 Å². The number of nitrogens with zero attached hydrogens (tertiary/aromatic N) is 2. The Morgan fingerprint density at radius 1 is 1.06 bits per heavy atom. The van der Waals surface area contributed by atoms with Crippen molar-refractivity contribution < 1.29 is 18.8 Å². The van der Waals surface area contributed by atoms with E-state index in [1.165, 1.54) is 30.7 Å². The molecule has 8 heteroatoms. The van der Waals surface area contributed by atoms with Gasteiger partial charge in [0.15, 0.2) is 0 Å². The van der Waals surface area contributed by atoms with Crippen LogP contribution in [0.25, 0.3) is 0 Å². The van der Waals surface area contributed by atoms with Gasteiger partial charge in [0.05, 0.1) is 6.20 Å². The number of carbonyl (C=O) groups is 3. The zero-order chi connectivity index (χ0) is 23.7. The number of imide groups is 1. The van der Waals surface area contributed by atoms with E-state index in [-0.39, 0.29) is 30.0 Å². The van der Waals surface area contributed by atoms with Gasteiger partial charge in [-0.2, -0.15) is 0 Å². The summed E-state index contributed by atoms with van der Waals surface area (Å²) in [5.74, 6) is -0.675. The summed E-state index contributed by atoms with van der Waals surface area (Å²) in [6, 6.07) is 7.26. The van der Waals surface area contributed by atoms with E-state index in [2.05, 4.69) is 21.7 Å². The van der Waals surface area contributed by atoms with Crippen LogP contribution in [0.3, 0.4) is 0 Å². The summed E-state index contributed by atoms with van der Waals surface area (Å²) in [5, 5.41) is 5.96. The summed E-state index contributed by atoms with van der Waals surface area (Å²) in [4.78, 5) is 42.2. The van der Waals surface area contributed by atoms with E-state index in [9.17, 15) is 18.8 Å². The lowest BCUT2D eigenvalue weighted by atomic mass is 9.80. The summed E-state index contributed by atoms with van der Waals surface area (Å²) in [5.41, 5.74) is 3.61. The highest BCUT2D eigenvalue weighted by molar-refractivity contribution is 6.05. The van der Waals surface area contributed by atoms with E-state index in [4.69, 9.17) is 0 Å². The minimum Gasteiger partial charge on any atom is -0.322 e. The number of fused-ring (bicyclic) bond motifs is 1. The molecule has 3 heterocycles. The van der Waals surface area contributed by atoms with Crippen molar-refractivity contribution in [1.82, 2.24) is 20.5 Å². The lowest BCUT2D eigenvalue weighted by Gasteiger charge is -2.32. The smallest absolute Gasteiger partial charge is 0.255 e. The summed E-state index contributed by atoms with van der Waals surface area (Å²) < 4.78 is 13.5. The second-order valence-electron chi connectivity index (χ2n) is 9.64. The fraction of sp³-hybridized carbons (Fsp3) is 0.462. The lowest BCUT2D eigenvalue weighted by Crippen LogP contribution is -2.52. The topological polar surface area (TPSA) is 91.4 Å². The molecule has 1 saturated carbocycles. The maximum Gasteiger partial charge on any atom is 0.255 e. The van der Waals surface area contributed by atoms with Crippen molar-refractivity contribution in [2.24, 2.45) is 5.92 Å². The van der Waals surface area contributed by atoms with Crippen LogP contribution in [-0.2, 0) is 29.1 Å². The third-order valence-electron chi connectivity index (χ3n) is 7.32. The first-order chi connectivity index (χ1) is 16.5. The molecule has 1 unspecified atom stereocenters. The second kappa shape index (κ2) is 9.62. The molecule has 1 aliphatic carbocycles. The van der Waals surface area contributed by atoms with Gasteiger partial charge >= 0.3 is 0 Å². The Hall–Kier alpha value is -3.13. The Morgan fingerprint density at radius 3 is 2.74 bits per heavy atom. The van der Waals surface area contributed by atoms with E-state index in [1.54, 1.807) is 11.1 Å². The summed E-state index contributed by atoms with van der Waals surface area (Å²) in [7, 11) is 0. The molecule has 2 N–H and O–H groups in total. The van der Waals surface area contributed by atoms with E-state index >= 15 is 0 Å². The van der Waals surface area contributed by atoms with E-state index < -0.39 is 6.04 Å². The van der Waals surface area contributed by atoms with Crippen LogP contribution in [-0.4, -0.2) is 39.7 Å². The minimum absolute atomic E-state index is 0.142. The Balaban J connectivity index is 1.25. The van der Waals surface area contributed by atoms with E-state index in [1.807, 2.05) is 12.1 Å². The zero-order valence-electron chi connectivity index (χ0n) is 19.1. The van der Waals surface area contributed by atoms with Crippen LogP contribution in [0.15, 0.2) is 36.7 Å². The van der Waals surface area contributed by atoms with Crippen LogP contribution in [0.1, 0.15) is 65.6 Å². The standard InChI is InChI=1S/C26H29FN4O3/c27-20-11-17(12-28-14-20)13-29-22-4-2-1-3-18(22)9-16-5-6-21-19(10-16)15-31(26(21)34)23-7-8-24(32)30-25(23)33/h5-6,10-12,14,18,22-23,29H,1-4,7-9,13,15H2,(H,30,32,33)/t18-,22+,23?/m1/s1. The molecule has 3 aliphatic rings. The maximum atomic E-state index is 13.5. The molecular formula is C26H29FN4O3. The number of halogens is 1. The van der Waals surface area contributed by atoms with Gasteiger partial charge in [-0.3, -0.25) is 24.7 Å². The largest absolute Gasteiger partial charge is 0.322 e. The molecule has 1 aromatic carbocycles. The lowest BCUT2D eigenvalue weighted by molar-refractivity contribution is -0.136. The number of amides is 3. The first-order valence-corrected chi connectivity index (χ1v) is 12.1. The highest BCUT2D eigenvalue weighted by atomic mass is 19.1. The van der Waals surface area contributed by atoms with Gasteiger partial charge in [0, 0.05) is 37.3 Å². The summed E-state index contributed by atoms with van der Waals surface area (Å²) >= 11 is 0. The number of hydrogen-bond donors (Lipinski definition) is 2. The molecule has 3 atom stereocenters. The Bertz CT molecular complexity index is 1120. The molecule has 2 fully saturated rings. The average molecular weight is 465 g/mol. The second-order valence-corrected chi connectivity index (χ2v) is 9.64. The molecule has 0 radical (unpaired) electrons. The average Bonchev–Trinajstić information content (AvgIpc) is 3.14. The highest BCUT2D eigenvalue weighted by Gasteiger charge is 2.39. The number of benzene rings is 1. The Morgan fingerprint density at radius 2 is 1.91 bits per heavy atom. The third-order valence-corrected chi connectivity index (χ3v) is 7.32. The number of hydrogen-bond acceptors (Lipinski definition) is 5. The SMILES string of the molecule is O=C1CCC(N2Cc3cc(C[C@H]4CCCC[C@@H]4NCc4cncc(F)c4)ccc3C2=O)C(=O)N1. The van der Waals surface area contributed by atoms with Crippen molar-refractivity contribution >= 4 is 17.7 Å². The molecule has 1 aromatic heterocycles. The van der Waals surface area contributed by atoms with Gasteiger partial charge in [-0.15, -0.1) is 0 Å². The fourth-order valence-electron chi connectivity index (χ4n) is 5.58. The highest BCUT2D eigenvalue weighted by Crippen LogP contribution is 2.32. The van der Waals surface area contributed by atoms with Crippen molar-refractivity contribution in [3.05, 3.63) is 64.7 Å². The number of pyridine rings is 1. The molecule has 1 saturated heterocycles. The van der Waals surface area contributed by atoms with Crippen LogP contribution in [0, 0.1) is 11.7 Å². The van der Waals surface area contributed by atoms with Gasteiger partial charge in [-0.25, -0.2) is 4.39 Å². The monoisotopic (exact) mass is 464 g/mol. The maximum absolute atomic E-state index is 13.5. The Kier molecular flexibility index (Phi) is 6.41. The van der Waals surface area contributed by atoms with Gasteiger partial charge in [0.1, 0.15) is 11.9 Å². The summed E-state index contributed by atoms with van der Waals surface area (Å²) in [6.45, 7) is 0.985. The number of aromatic nitrogens is 1. The van der Waals surface area contributed by atoms with Crippen molar-refractivity contribution in [3.63, 3.8) is 0 Å². The fourth-order valence-corrected chi connectivity index (χ4v) is 5.58. The molecule has 3 amide bonds. The summed E-state index contributed by atoms with van der Waals surface area (Å²) in [6.07, 6.45) is 9.01. The van der Waals surface area contributed by atoms with Gasteiger partial charge in [0.2, 0.25) is 11.8 Å². The van der Waals surface area contributed by atoms with Crippen molar-refractivity contribution in [3.8, 4) is 0 Å². The van der Waals surface area contributed by atoms with Crippen molar-refractivity contribution in [1.29, 1.82) is 0 Å². The predicted octanol–water partition coefficient (Wildman–Crippen LogP) is 2.87. The molecule has 0 spiro atoms. The molecule has 178 valence electrons. The van der Waals surface area contributed by atoms with Crippen LogP contribution in [0.2, 0.25) is 0 Å². The number of nitrogens with one attached hydrogen (secondary N) is 2. The van der Waals surface area contributed by atoms with Crippen molar-refractivity contribution in [2.45, 2.75) is 70.1 Å². The van der Waals surface area contributed by atoms with Crippen LogP contribution >= 0.6 is 0 Å². The number of carbonyl (C=O) groups excluding carboxylic acids is 3. The number of rotatable bonds is 6.